The molecule has 4 rings (SSSR count). The molecule has 1 aliphatic heterocycles. The standard InChI is InChI=1S/C29H33ClN6O3/c1-5-39-27-17-24-21(16-25(27)34-28(37)7-6-10-36-13-11-35(3)12-14-36)29(22(18-31)19(2)32-24)33-20-8-9-26(38-4)23(30)15-20/h6-9,15-17H,5,10-14H2,1-4H3,(H,32,33)(H,34,37)/b7-6+. The highest BCUT2D eigenvalue weighted by Gasteiger charge is 2.18. The largest absolute Gasteiger partial charge is 0.495 e. The number of rotatable bonds is 9. The van der Waals surface area contributed by atoms with E-state index in [-0.39, 0.29) is 5.91 Å². The zero-order valence-electron chi connectivity index (χ0n) is 22.7. The summed E-state index contributed by atoms with van der Waals surface area (Å²) >= 11 is 6.34. The molecule has 1 amide bonds. The minimum Gasteiger partial charge on any atom is -0.495 e. The minimum absolute atomic E-state index is 0.263. The molecular formula is C29H33ClN6O3. The topological polar surface area (TPSA) is 103 Å². The third-order valence-corrected chi connectivity index (χ3v) is 6.88. The van der Waals surface area contributed by atoms with Gasteiger partial charge in [-0.1, -0.05) is 17.7 Å². The molecule has 0 saturated carbocycles. The van der Waals surface area contributed by atoms with Gasteiger partial charge < -0.3 is 25.0 Å². The minimum atomic E-state index is -0.263. The van der Waals surface area contributed by atoms with E-state index < -0.39 is 0 Å². The zero-order chi connectivity index (χ0) is 27.9. The second-order valence-electron chi connectivity index (χ2n) is 9.33. The van der Waals surface area contributed by atoms with Crippen molar-refractivity contribution in [2.24, 2.45) is 0 Å². The molecule has 3 aromatic rings. The van der Waals surface area contributed by atoms with Gasteiger partial charge in [-0.3, -0.25) is 14.7 Å². The molecule has 1 saturated heterocycles. The van der Waals surface area contributed by atoms with Gasteiger partial charge in [-0.15, -0.1) is 0 Å². The van der Waals surface area contributed by atoms with E-state index in [1.807, 2.05) is 19.1 Å². The van der Waals surface area contributed by atoms with Crippen molar-refractivity contribution in [2.75, 3.05) is 64.1 Å². The van der Waals surface area contributed by atoms with Crippen molar-refractivity contribution in [3.8, 4) is 17.6 Å². The molecule has 0 spiro atoms. The fourth-order valence-corrected chi connectivity index (χ4v) is 4.71. The third kappa shape index (κ3) is 6.79. The van der Waals surface area contributed by atoms with E-state index in [0.717, 1.165) is 26.2 Å². The highest BCUT2D eigenvalue weighted by Crippen LogP contribution is 2.38. The Morgan fingerprint density at radius 1 is 1.21 bits per heavy atom. The smallest absolute Gasteiger partial charge is 0.248 e. The van der Waals surface area contributed by atoms with Crippen molar-refractivity contribution in [3.05, 3.63) is 58.8 Å². The molecule has 2 N–H and O–H groups in total. The summed E-state index contributed by atoms with van der Waals surface area (Å²) in [5, 5.41) is 17.3. The molecule has 0 bridgehead atoms. The van der Waals surface area contributed by atoms with Crippen LogP contribution in [0.3, 0.4) is 0 Å². The van der Waals surface area contributed by atoms with Crippen LogP contribution in [0.4, 0.5) is 17.1 Å². The van der Waals surface area contributed by atoms with Crippen molar-refractivity contribution in [2.45, 2.75) is 13.8 Å². The molecule has 2 heterocycles. The average Bonchev–Trinajstić information content (AvgIpc) is 2.91. The predicted octanol–water partition coefficient (Wildman–Crippen LogP) is 4.96. The number of benzene rings is 2. The number of nitrogens with zero attached hydrogens (tertiary/aromatic N) is 4. The number of nitrogens with one attached hydrogen (secondary N) is 2. The lowest BCUT2D eigenvalue weighted by atomic mass is 10.0. The van der Waals surface area contributed by atoms with Crippen LogP contribution in [0.2, 0.25) is 5.02 Å². The Bertz CT molecular complexity index is 1430. The molecular weight excluding hydrogens is 516 g/mol. The van der Waals surface area contributed by atoms with E-state index in [2.05, 4.69) is 38.5 Å². The number of anilines is 3. The average molecular weight is 549 g/mol. The Hall–Kier alpha value is -3.84. The second-order valence-corrected chi connectivity index (χ2v) is 9.73. The first-order valence-corrected chi connectivity index (χ1v) is 13.2. The predicted molar refractivity (Wildman–Crippen MR) is 155 cm³/mol. The molecule has 0 atom stereocenters. The fraction of sp³-hybridized carbons (Fsp3) is 0.345. The number of aryl methyl sites for hydroxylation is 1. The zero-order valence-corrected chi connectivity index (χ0v) is 23.4. The Morgan fingerprint density at radius 3 is 2.64 bits per heavy atom. The molecule has 10 heteroatoms. The van der Waals surface area contributed by atoms with Crippen LogP contribution < -0.4 is 20.1 Å². The van der Waals surface area contributed by atoms with Gasteiger partial charge in [0.05, 0.1) is 46.9 Å². The summed E-state index contributed by atoms with van der Waals surface area (Å²) in [5.41, 5.74) is 3.31. The van der Waals surface area contributed by atoms with Crippen molar-refractivity contribution in [1.29, 1.82) is 5.26 Å². The number of methoxy groups -OCH3 is 1. The van der Waals surface area contributed by atoms with Crippen LogP contribution in [-0.4, -0.2) is 74.2 Å². The maximum Gasteiger partial charge on any atom is 0.248 e. The number of piperazine rings is 1. The Morgan fingerprint density at radius 2 is 1.97 bits per heavy atom. The van der Waals surface area contributed by atoms with Crippen LogP contribution in [0.15, 0.2) is 42.5 Å². The molecule has 39 heavy (non-hydrogen) atoms. The summed E-state index contributed by atoms with van der Waals surface area (Å²) in [6, 6.07) is 11.1. The number of nitriles is 1. The molecule has 0 radical (unpaired) electrons. The number of likely N-dealkylation sites (N-methyl/N-ethyl adjacent to an activating group) is 1. The van der Waals surface area contributed by atoms with Gasteiger partial charge in [0.2, 0.25) is 5.91 Å². The summed E-state index contributed by atoms with van der Waals surface area (Å²) in [6.07, 6.45) is 3.42. The van der Waals surface area contributed by atoms with Gasteiger partial charge >= 0.3 is 0 Å². The van der Waals surface area contributed by atoms with Gasteiger partial charge in [0.25, 0.3) is 0 Å². The lowest BCUT2D eigenvalue weighted by molar-refractivity contribution is -0.111. The maximum absolute atomic E-state index is 12.9. The normalized spacial score (nSPS) is 14.4. The fourth-order valence-electron chi connectivity index (χ4n) is 4.46. The maximum atomic E-state index is 12.9. The molecule has 204 valence electrons. The lowest BCUT2D eigenvalue weighted by Gasteiger charge is -2.31. The molecule has 2 aromatic carbocycles. The highest BCUT2D eigenvalue weighted by molar-refractivity contribution is 6.32. The SMILES string of the molecule is CCOc1cc2nc(C)c(C#N)c(Nc3ccc(OC)c(Cl)c3)c2cc1NC(=O)/C=C/CN1CCN(C)CC1. The van der Waals surface area contributed by atoms with Crippen LogP contribution in [0.1, 0.15) is 18.2 Å². The van der Waals surface area contributed by atoms with E-state index in [1.54, 1.807) is 44.4 Å². The first kappa shape index (κ1) is 28.2. The van der Waals surface area contributed by atoms with Crippen LogP contribution in [-0.2, 0) is 4.79 Å². The number of fused-ring (bicyclic) bond motifs is 1. The van der Waals surface area contributed by atoms with Gasteiger partial charge in [0.1, 0.15) is 17.6 Å². The van der Waals surface area contributed by atoms with E-state index >= 15 is 0 Å². The second kappa shape index (κ2) is 12.8. The van der Waals surface area contributed by atoms with Crippen LogP contribution >= 0.6 is 11.6 Å². The number of halogens is 1. The number of hydrogen-bond acceptors (Lipinski definition) is 8. The summed E-state index contributed by atoms with van der Waals surface area (Å²) in [4.78, 5) is 22.1. The van der Waals surface area contributed by atoms with E-state index in [1.165, 1.54) is 0 Å². The number of hydrogen-bond donors (Lipinski definition) is 2. The number of amides is 1. The molecule has 0 aliphatic carbocycles. The molecule has 1 fully saturated rings. The monoisotopic (exact) mass is 548 g/mol. The number of carbonyl (C=O) groups excluding carboxylic acids is 1. The number of pyridine rings is 1. The van der Waals surface area contributed by atoms with Gasteiger partial charge in [-0.05, 0) is 45.2 Å². The first-order valence-electron chi connectivity index (χ1n) is 12.8. The lowest BCUT2D eigenvalue weighted by Crippen LogP contribution is -2.44. The van der Waals surface area contributed by atoms with Crippen LogP contribution in [0.25, 0.3) is 10.9 Å². The summed E-state index contributed by atoms with van der Waals surface area (Å²) in [5.74, 6) is 0.785. The molecule has 9 nitrogen and oxygen atoms in total. The van der Waals surface area contributed by atoms with E-state index in [9.17, 15) is 10.1 Å². The van der Waals surface area contributed by atoms with Crippen molar-refractivity contribution < 1.29 is 14.3 Å². The van der Waals surface area contributed by atoms with Crippen LogP contribution in [0, 0.1) is 18.3 Å². The Balaban J connectivity index is 1.66. The number of aromatic nitrogens is 1. The molecule has 1 aliphatic rings. The van der Waals surface area contributed by atoms with Gasteiger partial charge in [-0.2, -0.15) is 5.26 Å². The highest BCUT2D eigenvalue weighted by atomic mass is 35.5. The molecule has 0 unspecified atom stereocenters. The Kier molecular flexibility index (Phi) is 9.25. The number of ether oxygens (including phenoxy) is 2. The van der Waals surface area contributed by atoms with Crippen molar-refractivity contribution >= 4 is 45.5 Å². The Labute approximate surface area is 234 Å². The van der Waals surface area contributed by atoms with Crippen molar-refractivity contribution in [1.82, 2.24) is 14.8 Å². The van der Waals surface area contributed by atoms with E-state index in [0.29, 0.717) is 68.9 Å². The van der Waals surface area contributed by atoms with Gasteiger partial charge in [-0.25, -0.2) is 0 Å². The quantitative estimate of drug-likeness (QED) is 0.362. The summed E-state index contributed by atoms with van der Waals surface area (Å²) in [6.45, 7) is 8.78. The third-order valence-electron chi connectivity index (χ3n) is 6.59. The molecule has 1 aromatic heterocycles. The summed E-state index contributed by atoms with van der Waals surface area (Å²) in [7, 11) is 3.67. The number of carbonyl (C=O) groups is 1. The van der Waals surface area contributed by atoms with Gasteiger partial charge in [0, 0.05) is 55.9 Å². The first-order chi connectivity index (χ1) is 18.8. The van der Waals surface area contributed by atoms with Crippen LogP contribution in [0.5, 0.6) is 11.5 Å². The summed E-state index contributed by atoms with van der Waals surface area (Å²) < 4.78 is 11.1. The van der Waals surface area contributed by atoms with Gasteiger partial charge in [0.15, 0.2) is 0 Å². The van der Waals surface area contributed by atoms with Crippen molar-refractivity contribution in [3.63, 3.8) is 0 Å². The van der Waals surface area contributed by atoms with E-state index in [4.69, 9.17) is 21.1 Å².